The Morgan fingerprint density at radius 1 is 1.60 bits per heavy atom. The van der Waals surface area contributed by atoms with Gasteiger partial charge in [0.1, 0.15) is 0 Å². The molecule has 1 fully saturated rings. The Hall–Kier alpha value is -0.960. The van der Waals surface area contributed by atoms with E-state index >= 15 is 0 Å². The van der Waals surface area contributed by atoms with E-state index in [1.807, 2.05) is 13.2 Å². The zero-order valence-electron chi connectivity index (χ0n) is 12.0. The molecule has 0 amide bonds. The number of sulfonamides is 1. The molecule has 0 radical (unpaired) electrons. The summed E-state index contributed by atoms with van der Waals surface area (Å²) in [7, 11) is -0.0325. The monoisotopic (exact) mass is 303 g/mol. The van der Waals surface area contributed by atoms with Crippen LogP contribution in [0.5, 0.6) is 0 Å². The summed E-state index contributed by atoms with van der Waals surface area (Å²) in [4.78, 5) is 0. The first-order valence-corrected chi connectivity index (χ1v) is 8.03. The predicted molar refractivity (Wildman–Crippen MR) is 73.7 cm³/mol. The van der Waals surface area contributed by atoms with Crippen LogP contribution in [0.4, 0.5) is 0 Å². The number of aromatic nitrogens is 2. The summed E-state index contributed by atoms with van der Waals surface area (Å²) in [5.41, 5.74) is 0.895. The first kappa shape index (κ1) is 15.4. The van der Waals surface area contributed by atoms with Gasteiger partial charge in [0, 0.05) is 39.0 Å². The van der Waals surface area contributed by atoms with Crippen molar-refractivity contribution in [2.24, 2.45) is 7.05 Å². The molecular weight excluding hydrogens is 282 g/mol. The Kier molecular flexibility index (Phi) is 4.79. The van der Waals surface area contributed by atoms with Crippen molar-refractivity contribution in [2.75, 3.05) is 33.4 Å². The molecule has 8 heteroatoms. The number of hydrogen-bond donors (Lipinski definition) is 0. The lowest BCUT2D eigenvalue weighted by molar-refractivity contribution is -0.00307. The molecule has 1 aromatic heterocycles. The highest BCUT2D eigenvalue weighted by Gasteiger charge is 2.34. The third kappa shape index (κ3) is 3.20. The van der Waals surface area contributed by atoms with E-state index in [0.29, 0.717) is 19.7 Å². The summed E-state index contributed by atoms with van der Waals surface area (Å²) in [6.07, 6.45) is 3.29. The number of aryl methyl sites for hydroxylation is 1. The van der Waals surface area contributed by atoms with Crippen molar-refractivity contribution in [3.8, 4) is 0 Å². The van der Waals surface area contributed by atoms with E-state index in [0.717, 1.165) is 5.56 Å². The highest BCUT2D eigenvalue weighted by molar-refractivity contribution is 7.89. The number of ether oxygens (including phenoxy) is 2. The maximum atomic E-state index is 12.4. The van der Waals surface area contributed by atoms with Gasteiger partial charge in [-0.3, -0.25) is 4.68 Å². The number of hydrogen-bond acceptors (Lipinski definition) is 5. The Morgan fingerprint density at radius 3 is 2.95 bits per heavy atom. The molecule has 1 aliphatic heterocycles. The zero-order chi connectivity index (χ0) is 14.8. The lowest BCUT2D eigenvalue weighted by Crippen LogP contribution is -2.46. The van der Waals surface area contributed by atoms with Crippen LogP contribution in [-0.4, -0.2) is 61.2 Å². The topological polar surface area (TPSA) is 73.7 Å². The molecule has 2 heterocycles. The molecule has 20 heavy (non-hydrogen) atoms. The first-order valence-electron chi connectivity index (χ1n) is 6.53. The van der Waals surface area contributed by atoms with Crippen molar-refractivity contribution in [1.29, 1.82) is 0 Å². The van der Waals surface area contributed by atoms with Gasteiger partial charge in [0.15, 0.2) is 0 Å². The maximum Gasteiger partial charge on any atom is 0.219 e. The van der Waals surface area contributed by atoms with Crippen LogP contribution in [0.1, 0.15) is 18.6 Å². The second-order valence-electron chi connectivity index (χ2n) is 4.98. The van der Waals surface area contributed by atoms with Crippen LogP contribution >= 0.6 is 0 Å². The van der Waals surface area contributed by atoms with Gasteiger partial charge in [-0.1, -0.05) is 0 Å². The van der Waals surface area contributed by atoms with Crippen LogP contribution in [-0.2, 0) is 26.5 Å². The first-order chi connectivity index (χ1) is 9.45. The summed E-state index contributed by atoms with van der Waals surface area (Å²) in [5, 5.41) is 3.54. The van der Waals surface area contributed by atoms with Gasteiger partial charge >= 0.3 is 0 Å². The minimum atomic E-state index is -3.36. The Morgan fingerprint density at radius 2 is 2.35 bits per heavy atom. The fourth-order valence-electron chi connectivity index (χ4n) is 2.24. The van der Waals surface area contributed by atoms with Crippen LogP contribution in [0.25, 0.3) is 0 Å². The SMILES string of the molecule is COC[C@H](C)S(=O)(=O)N1CCO[C@@H](c2cnn(C)c2)C1. The normalized spacial score (nSPS) is 22.9. The van der Waals surface area contributed by atoms with Gasteiger partial charge in [-0.05, 0) is 6.92 Å². The highest BCUT2D eigenvalue weighted by Crippen LogP contribution is 2.24. The van der Waals surface area contributed by atoms with Crippen molar-refractivity contribution >= 4 is 10.0 Å². The van der Waals surface area contributed by atoms with E-state index in [-0.39, 0.29) is 12.7 Å². The molecule has 0 spiro atoms. The summed E-state index contributed by atoms with van der Waals surface area (Å²) in [5.74, 6) is 0. The van der Waals surface area contributed by atoms with E-state index in [4.69, 9.17) is 9.47 Å². The molecule has 0 bridgehead atoms. The average Bonchev–Trinajstić information content (AvgIpc) is 2.86. The van der Waals surface area contributed by atoms with E-state index in [9.17, 15) is 8.42 Å². The van der Waals surface area contributed by atoms with Gasteiger partial charge < -0.3 is 9.47 Å². The molecule has 2 atom stereocenters. The van der Waals surface area contributed by atoms with Gasteiger partial charge in [-0.2, -0.15) is 9.40 Å². The third-order valence-corrected chi connectivity index (χ3v) is 5.60. The minimum Gasteiger partial charge on any atom is -0.383 e. The van der Waals surface area contributed by atoms with Crippen molar-refractivity contribution < 1.29 is 17.9 Å². The van der Waals surface area contributed by atoms with Crippen LogP contribution in [0.15, 0.2) is 12.4 Å². The lowest BCUT2D eigenvalue weighted by atomic mass is 10.2. The second kappa shape index (κ2) is 6.21. The van der Waals surface area contributed by atoms with Crippen molar-refractivity contribution in [3.63, 3.8) is 0 Å². The van der Waals surface area contributed by atoms with Gasteiger partial charge in [0.05, 0.1) is 30.8 Å². The van der Waals surface area contributed by atoms with Crippen LogP contribution in [0.3, 0.4) is 0 Å². The molecule has 114 valence electrons. The standard InChI is InChI=1S/C12H21N3O4S/c1-10(9-18-3)20(16,17)15-4-5-19-12(8-15)11-6-13-14(2)7-11/h6-7,10,12H,4-5,8-9H2,1-3H3/t10-,12+/m0/s1. The molecule has 0 N–H and O–H groups in total. The number of morpholine rings is 1. The summed E-state index contributed by atoms with van der Waals surface area (Å²) >= 11 is 0. The van der Waals surface area contributed by atoms with Gasteiger partial charge in [-0.15, -0.1) is 0 Å². The van der Waals surface area contributed by atoms with Crippen molar-refractivity contribution in [2.45, 2.75) is 18.3 Å². The zero-order valence-corrected chi connectivity index (χ0v) is 12.8. The highest BCUT2D eigenvalue weighted by atomic mass is 32.2. The van der Waals surface area contributed by atoms with E-state index < -0.39 is 15.3 Å². The maximum absolute atomic E-state index is 12.4. The molecule has 0 aromatic carbocycles. The second-order valence-corrected chi connectivity index (χ2v) is 7.33. The lowest BCUT2D eigenvalue weighted by Gasteiger charge is -2.33. The fourth-order valence-corrected chi connectivity index (χ4v) is 3.73. The smallest absolute Gasteiger partial charge is 0.219 e. The van der Waals surface area contributed by atoms with E-state index in [1.165, 1.54) is 11.4 Å². The molecule has 0 unspecified atom stereocenters. The molecule has 1 aromatic rings. The van der Waals surface area contributed by atoms with Crippen molar-refractivity contribution in [1.82, 2.24) is 14.1 Å². The Bertz CT molecular complexity index is 543. The predicted octanol–water partition coefficient (Wildman–Crippen LogP) is 0.158. The minimum absolute atomic E-state index is 0.192. The fraction of sp³-hybridized carbons (Fsp3) is 0.750. The summed E-state index contributed by atoms with van der Waals surface area (Å²) in [6, 6.07) is 0. The third-order valence-electron chi connectivity index (χ3n) is 3.40. The van der Waals surface area contributed by atoms with Gasteiger partial charge in [0.25, 0.3) is 0 Å². The van der Waals surface area contributed by atoms with E-state index in [1.54, 1.807) is 17.8 Å². The molecule has 7 nitrogen and oxygen atoms in total. The molecular formula is C12H21N3O4S. The van der Waals surface area contributed by atoms with E-state index in [2.05, 4.69) is 5.10 Å². The Labute approximate surface area is 119 Å². The average molecular weight is 303 g/mol. The van der Waals surface area contributed by atoms with Crippen LogP contribution in [0.2, 0.25) is 0 Å². The Balaban J connectivity index is 2.10. The molecule has 0 saturated carbocycles. The van der Waals surface area contributed by atoms with Gasteiger partial charge in [-0.25, -0.2) is 8.42 Å². The number of methoxy groups -OCH3 is 1. The molecule has 0 aliphatic carbocycles. The summed E-state index contributed by atoms with van der Waals surface area (Å²) in [6.45, 7) is 2.94. The van der Waals surface area contributed by atoms with Gasteiger partial charge in [0.2, 0.25) is 10.0 Å². The quantitative estimate of drug-likeness (QED) is 0.774. The van der Waals surface area contributed by atoms with Crippen molar-refractivity contribution in [3.05, 3.63) is 18.0 Å². The van der Waals surface area contributed by atoms with Crippen LogP contribution < -0.4 is 0 Å². The molecule has 2 rings (SSSR count). The number of rotatable bonds is 5. The largest absolute Gasteiger partial charge is 0.383 e. The van der Waals surface area contributed by atoms with Crippen LogP contribution in [0, 0.1) is 0 Å². The molecule has 1 aliphatic rings. The molecule has 1 saturated heterocycles. The number of nitrogens with zero attached hydrogens (tertiary/aromatic N) is 3. The summed E-state index contributed by atoms with van der Waals surface area (Å²) < 4.78 is 38.6.